The van der Waals surface area contributed by atoms with E-state index < -0.39 is 0 Å². The van der Waals surface area contributed by atoms with Gasteiger partial charge >= 0.3 is 0 Å². The van der Waals surface area contributed by atoms with Gasteiger partial charge in [0.1, 0.15) is 0 Å². The van der Waals surface area contributed by atoms with Gasteiger partial charge in [0.2, 0.25) is 5.95 Å². The smallest absolute Gasteiger partial charge is 0.203 e. The third-order valence-corrected chi connectivity index (χ3v) is 3.15. The molecule has 3 nitrogen and oxygen atoms in total. The molecule has 3 heteroatoms. The van der Waals surface area contributed by atoms with E-state index >= 15 is 0 Å². The Hall–Kier alpha value is -1.77. The van der Waals surface area contributed by atoms with Crippen LogP contribution in [0.2, 0.25) is 0 Å². The molecule has 1 aliphatic heterocycles. The number of aromatic amines is 1. The van der Waals surface area contributed by atoms with Crippen LogP contribution >= 0.6 is 0 Å². The topological polar surface area (TPSA) is 31.9 Å². The maximum Gasteiger partial charge on any atom is 0.203 e. The Labute approximate surface area is 94.8 Å². The Morgan fingerprint density at radius 3 is 2.69 bits per heavy atom. The summed E-state index contributed by atoms with van der Waals surface area (Å²) in [6.07, 6.45) is 2.16. The van der Waals surface area contributed by atoms with Crippen molar-refractivity contribution in [3.63, 3.8) is 0 Å². The van der Waals surface area contributed by atoms with Crippen LogP contribution in [0.25, 0.3) is 11.0 Å². The predicted octanol–water partition coefficient (Wildman–Crippen LogP) is 2.72. The Morgan fingerprint density at radius 1 is 1.19 bits per heavy atom. The van der Waals surface area contributed by atoms with Crippen LogP contribution in [0, 0.1) is 0 Å². The molecule has 0 radical (unpaired) electrons. The molecule has 1 saturated heterocycles. The van der Waals surface area contributed by atoms with E-state index in [-0.39, 0.29) is 0 Å². The van der Waals surface area contributed by atoms with E-state index in [1.54, 1.807) is 0 Å². The number of imidazole rings is 1. The van der Waals surface area contributed by atoms with E-state index in [1.807, 2.05) is 18.2 Å². The van der Waals surface area contributed by atoms with Crippen molar-refractivity contribution in [1.29, 1.82) is 0 Å². The van der Waals surface area contributed by atoms with Gasteiger partial charge in [-0.1, -0.05) is 24.3 Å². The summed E-state index contributed by atoms with van der Waals surface area (Å²) in [6, 6.07) is 8.15. The van der Waals surface area contributed by atoms with Crippen LogP contribution in [0.5, 0.6) is 0 Å². The molecular weight excluding hydrogens is 198 g/mol. The van der Waals surface area contributed by atoms with E-state index in [9.17, 15) is 0 Å². The number of para-hydroxylation sites is 2. The van der Waals surface area contributed by atoms with E-state index in [0.717, 1.165) is 42.9 Å². The molecule has 0 atom stereocenters. The zero-order valence-corrected chi connectivity index (χ0v) is 9.24. The lowest BCUT2D eigenvalue weighted by atomic mass is 10.1. The van der Waals surface area contributed by atoms with Crippen molar-refractivity contribution in [2.75, 3.05) is 18.0 Å². The number of hydrogen-bond donors (Lipinski definition) is 1. The normalized spacial score (nSPS) is 17.0. The van der Waals surface area contributed by atoms with E-state index in [0.29, 0.717) is 0 Å². The highest BCUT2D eigenvalue weighted by atomic mass is 15.3. The minimum Gasteiger partial charge on any atom is -0.342 e. The zero-order chi connectivity index (χ0) is 11.0. The highest BCUT2D eigenvalue weighted by Crippen LogP contribution is 2.21. The summed E-state index contributed by atoms with van der Waals surface area (Å²) in [5.74, 6) is 0.994. The third kappa shape index (κ3) is 1.58. The largest absolute Gasteiger partial charge is 0.342 e. The first kappa shape index (κ1) is 9.46. The Bertz CT molecular complexity index is 484. The van der Waals surface area contributed by atoms with Crippen molar-refractivity contribution < 1.29 is 0 Å². The number of anilines is 1. The van der Waals surface area contributed by atoms with Crippen LogP contribution < -0.4 is 4.90 Å². The standard InChI is InChI=1S/C13H15N3/c1-10-6-8-16(9-7-10)13-14-11-4-2-3-5-12(11)15-13/h2-5H,1,6-9H2,(H,14,15). The summed E-state index contributed by atoms with van der Waals surface area (Å²) < 4.78 is 0. The van der Waals surface area contributed by atoms with Gasteiger partial charge in [0.25, 0.3) is 0 Å². The van der Waals surface area contributed by atoms with Crippen LogP contribution in [-0.2, 0) is 0 Å². The first-order valence-corrected chi connectivity index (χ1v) is 5.69. The van der Waals surface area contributed by atoms with Gasteiger partial charge in [-0.15, -0.1) is 0 Å². The van der Waals surface area contributed by atoms with Gasteiger partial charge in [0.15, 0.2) is 0 Å². The quantitative estimate of drug-likeness (QED) is 0.739. The van der Waals surface area contributed by atoms with Crippen molar-refractivity contribution in [3.8, 4) is 0 Å². The fourth-order valence-corrected chi connectivity index (χ4v) is 2.12. The van der Waals surface area contributed by atoms with Crippen LogP contribution in [0.3, 0.4) is 0 Å². The molecule has 3 rings (SSSR count). The highest BCUT2D eigenvalue weighted by Gasteiger charge is 2.15. The maximum atomic E-state index is 4.60. The van der Waals surface area contributed by atoms with Gasteiger partial charge in [-0.2, -0.15) is 0 Å². The molecule has 1 fully saturated rings. The van der Waals surface area contributed by atoms with Gasteiger partial charge in [0.05, 0.1) is 11.0 Å². The molecule has 0 unspecified atom stereocenters. The highest BCUT2D eigenvalue weighted by molar-refractivity contribution is 5.77. The number of benzene rings is 1. The van der Waals surface area contributed by atoms with Crippen molar-refractivity contribution in [1.82, 2.24) is 9.97 Å². The molecule has 82 valence electrons. The Morgan fingerprint density at radius 2 is 1.94 bits per heavy atom. The minimum atomic E-state index is 0.994. The van der Waals surface area contributed by atoms with Gasteiger partial charge in [0, 0.05) is 13.1 Å². The predicted molar refractivity (Wildman–Crippen MR) is 66.7 cm³/mol. The van der Waals surface area contributed by atoms with Gasteiger partial charge in [-0.05, 0) is 25.0 Å². The lowest BCUT2D eigenvalue weighted by Crippen LogP contribution is -2.31. The van der Waals surface area contributed by atoms with E-state index in [2.05, 4.69) is 27.5 Å². The second kappa shape index (κ2) is 3.67. The van der Waals surface area contributed by atoms with Crippen molar-refractivity contribution in [2.24, 2.45) is 0 Å². The number of H-pyrrole nitrogens is 1. The van der Waals surface area contributed by atoms with Crippen LogP contribution in [0.1, 0.15) is 12.8 Å². The number of fused-ring (bicyclic) bond motifs is 1. The van der Waals surface area contributed by atoms with E-state index in [1.165, 1.54) is 5.57 Å². The molecule has 0 bridgehead atoms. The van der Waals surface area contributed by atoms with Crippen LogP contribution in [0.15, 0.2) is 36.4 Å². The summed E-state index contributed by atoms with van der Waals surface area (Å²) in [6.45, 7) is 6.08. The number of aromatic nitrogens is 2. The number of nitrogens with one attached hydrogen (secondary N) is 1. The average molecular weight is 213 g/mol. The minimum absolute atomic E-state index is 0.994. The molecule has 0 saturated carbocycles. The Balaban J connectivity index is 1.91. The van der Waals surface area contributed by atoms with Crippen molar-refractivity contribution in [2.45, 2.75) is 12.8 Å². The molecule has 16 heavy (non-hydrogen) atoms. The first-order chi connectivity index (χ1) is 7.83. The van der Waals surface area contributed by atoms with Crippen LogP contribution in [-0.4, -0.2) is 23.1 Å². The fraction of sp³-hybridized carbons (Fsp3) is 0.308. The second-order valence-corrected chi connectivity index (χ2v) is 4.31. The average Bonchev–Trinajstić information content (AvgIpc) is 2.73. The summed E-state index contributed by atoms with van der Waals surface area (Å²) in [5.41, 5.74) is 3.51. The molecule has 1 aromatic carbocycles. The molecule has 1 N–H and O–H groups in total. The number of rotatable bonds is 1. The molecule has 1 aromatic heterocycles. The molecule has 0 aliphatic carbocycles. The summed E-state index contributed by atoms with van der Waals surface area (Å²) in [4.78, 5) is 10.3. The summed E-state index contributed by atoms with van der Waals surface area (Å²) >= 11 is 0. The molecule has 2 aromatic rings. The summed E-state index contributed by atoms with van der Waals surface area (Å²) in [5, 5.41) is 0. The second-order valence-electron chi connectivity index (χ2n) is 4.31. The van der Waals surface area contributed by atoms with Crippen LogP contribution in [0.4, 0.5) is 5.95 Å². The molecule has 1 aliphatic rings. The van der Waals surface area contributed by atoms with Crippen molar-refractivity contribution >= 4 is 17.0 Å². The summed E-state index contributed by atoms with van der Waals surface area (Å²) in [7, 11) is 0. The molecule has 0 spiro atoms. The molecule has 2 heterocycles. The van der Waals surface area contributed by atoms with Gasteiger partial charge < -0.3 is 9.88 Å². The zero-order valence-electron chi connectivity index (χ0n) is 9.24. The van der Waals surface area contributed by atoms with Gasteiger partial charge in [-0.3, -0.25) is 0 Å². The SMILES string of the molecule is C=C1CCN(c2nc3ccccc3[nH]2)CC1. The number of hydrogen-bond acceptors (Lipinski definition) is 2. The van der Waals surface area contributed by atoms with E-state index in [4.69, 9.17) is 0 Å². The molecular formula is C13H15N3. The molecule has 0 amide bonds. The van der Waals surface area contributed by atoms with Gasteiger partial charge in [-0.25, -0.2) is 4.98 Å². The lowest BCUT2D eigenvalue weighted by Gasteiger charge is -2.27. The maximum absolute atomic E-state index is 4.60. The first-order valence-electron chi connectivity index (χ1n) is 5.69. The number of piperidine rings is 1. The fourth-order valence-electron chi connectivity index (χ4n) is 2.12. The third-order valence-electron chi connectivity index (χ3n) is 3.15. The van der Waals surface area contributed by atoms with Crippen molar-refractivity contribution in [3.05, 3.63) is 36.4 Å². The number of nitrogens with zero attached hydrogens (tertiary/aromatic N) is 2. The Kier molecular flexibility index (Phi) is 2.17. The lowest BCUT2D eigenvalue weighted by molar-refractivity contribution is 0.674. The monoisotopic (exact) mass is 213 g/mol.